The molecule has 98 valence electrons. The predicted octanol–water partition coefficient (Wildman–Crippen LogP) is 1.80. The van der Waals surface area contributed by atoms with Crippen molar-refractivity contribution in [3.05, 3.63) is 52.9 Å². The minimum Gasteiger partial charge on any atom is -0.477 e. The Morgan fingerprint density at radius 3 is 2.53 bits per heavy atom. The number of nitrogens with one attached hydrogen (secondary N) is 1. The van der Waals surface area contributed by atoms with Crippen LogP contribution in [-0.4, -0.2) is 21.8 Å². The Labute approximate surface area is 105 Å². The van der Waals surface area contributed by atoms with Crippen LogP contribution in [0.15, 0.2) is 24.4 Å². The van der Waals surface area contributed by atoms with Crippen molar-refractivity contribution in [3.8, 4) is 0 Å². The van der Waals surface area contributed by atoms with E-state index in [1.54, 1.807) is 0 Å². The lowest BCUT2D eigenvalue weighted by atomic mass is 10.0. The van der Waals surface area contributed by atoms with Crippen LogP contribution in [0.1, 0.15) is 26.4 Å². The van der Waals surface area contributed by atoms with Gasteiger partial charge in [-0.1, -0.05) is 0 Å². The topological polar surface area (TPSA) is 96.2 Å². The number of aromatic nitrogens is 1. The molecule has 19 heavy (non-hydrogen) atoms. The number of hydrogen-bond acceptors (Lipinski definition) is 3. The van der Waals surface area contributed by atoms with E-state index in [1.807, 2.05) is 0 Å². The molecular weight excluding hydrogens is 258 g/mol. The van der Waals surface area contributed by atoms with Crippen molar-refractivity contribution in [1.82, 2.24) is 4.98 Å². The van der Waals surface area contributed by atoms with Gasteiger partial charge in [-0.05, 0) is 18.2 Å². The van der Waals surface area contributed by atoms with Gasteiger partial charge in [-0.15, -0.1) is 0 Å². The minimum atomic E-state index is -1.28. The van der Waals surface area contributed by atoms with Crippen molar-refractivity contribution in [2.24, 2.45) is 0 Å². The molecule has 0 bridgehead atoms. The molecule has 0 atom stereocenters. The number of carbonyl (C=O) groups excluding carboxylic acids is 1. The molecule has 0 unspecified atom stereocenters. The number of nitrogen functional groups attached to an aromatic ring is 1. The molecule has 1 aromatic heterocycles. The number of aromatic amines is 1. The first-order valence-electron chi connectivity index (χ1n) is 5.11. The Morgan fingerprint density at radius 1 is 1.26 bits per heavy atom. The molecule has 0 amide bonds. The zero-order valence-electron chi connectivity index (χ0n) is 9.41. The normalized spacial score (nSPS) is 10.4. The molecule has 1 aromatic carbocycles. The van der Waals surface area contributed by atoms with Crippen molar-refractivity contribution in [2.75, 3.05) is 5.73 Å². The maximum atomic E-state index is 13.7. The first-order valence-corrected chi connectivity index (χ1v) is 5.11. The highest BCUT2D eigenvalue weighted by Gasteiger charge is 2.22. The molecule has 0 fully saturated rings. The van der Waals surface area contributed by atoms with Crippen LogP contribution >= 0.6 is 0 Å². The summed E-state index contributed by atoms with van der Waals surface area (Å²) in [4.78, 5) is 24.9. The maximum Gasteiger partial charge on any atom is 0.352 e. The van der Waals surface area contributed by atoms with Gasteiger partial charge < -0.3 is 15.8 Å². The second kappa shape index (κ2) is 4.52. The Kier molecular flexibility index (Phi) is 3.04. The Bertz CT molecular complexity index is 680. The molecule has 2 aromatic rings. The van der Waals surface area contributed by atoms with E-state index < -0.39 is 29.0 Å². The van der Waals surface area contributed by atoms with Crippen LogP contribution in [0, 0.1) is 11.6 Å². The first kappa shape index (κ1) is 12.7. The van der Waals surface area contributed by atoms with Gasteiger partial charge in [-0.25, -0.2) is 13.6 Å². The fourth-order valence-corrected chi connectivity index (χ4v) is 1.57. The summed E-state index contributed by atoms with van der Waals surface area (Å²) in [6, 6.07) is 2.87. The average molecular weight is 266 g/mol. The molecule has 0 aliphatic rings. The van der Waals surface area contributed by atoms with Crippen molar-refractivity contribution >= 4 is 17.4 Å². The van der Waals surface area contributed by atoms with Gasteiger partial charge >= 0.3 is 5.97 Å². The largest absolute Gasteiger partial charge is 0.477 e. The maximum absolute atomic E-state index is 13.7. The molecule has 0 saturated heterocycles. The number of carboxylic acid groups (broad SMARTS) is 1. The number of nitrogens with two attached hydrogens (primary N) is 1. The van der Waals surface area contributed by atoms with E-state index >= 15 is 0 Å². The van der Waals surface area contributed by atoms with Crippen LogP contribution in [0.4, 0.5) is 14.5 Å². The lowest BCUT2D eigenvalue weighted by Crippen LogP contribution is -2.09. The third kappa shape index (κ3) is 2.17. The summed E-state index contributed by atoms with van der Waals surface area (Å²) in [6.07, 6.45) is 1.06. The van der Waals surface area contributed by atoms with Gasteiger partial charge in [0.25, 0.3) is 0 Å². The number of carboxylic acids is 1. The molecule has 0 spiro atoms. The highest BCUT2D eigenvalue weighted by molar-refractivity contribution is 6.10. The third-order valence-electron chi connectivity index (χ3n) is 2.52. The molecule has 2 rings (SSSR count). The van der Waals surface area contributed by atoms with E-state index in [0.29, 0.717) is 0 Å². The minimum absolute atomic E-state index is 0.166. The number of hydrogen-bond donors (Lipinski definition) is 3. The number of ketones is 1. The number of carbonyl (C=O) groups is 2. The molecule has 0 radical (unpaired) electrons. The predicted molar refractivity (Wildman–Crippen MR) is 62.0 cm³/mol. The molecule has 7 heteroatoms. The fraction of sp³-hybridized carbons (Fsp3) is 0. The zero-order valence-corrected chi connectivity index (χ0v) is 9.41. The highest BCUT2D eigenvalue weighted by atomic mass is 19.1. The standard InChI is InChI=1S/C12H8F2N2O3/c13-6-1-2-7(15)10(14)9(6)11(17)5-3-8(12(18)19)16-4-5/h1-4,16H,15H2,(H,18,19). The summed E-state index contributed by atoms with van der Waals surface area (Å²) >= 11 is 0. The molecule has 1 heterocycles. The van der Waals surface area contributed by atoms with Gasteiger partial charge in [0.15, 0.2) is 5.82 Å². The smallest absolute Gasteiger partial charge is 0.352 e. The summed E-state index contributed by atoms with van der Waals surface area (Å²) in [5.74, 6) is -4.49. The van der Waals surface area contributed by atoms with Gasteiger partial charge in [-0.3, -0.25) is 4.79 Å². The van der Waals surface area contributed by atoms with Gasteiger partial charge in [0.05, 0.1) is 11.3 Å². The Balaban J connectivity index is 2.50. The Hall–Kier alpha value is -2.70. The lowest BCUT2D eigenvalue weighted by Gasteiger charge is -2.04. The van der Waals surface area contributed by atoms with E-state index in [9.17, 15) is 18.4 Å². The summed E-state index contributed by atoms with van der Waals surface area (Å²) < 4.78 is 27.1. The van der Waals surface area contributed by atoms with Crippen LogP contribution in [0.3, 0.4) is 0 Å². The first-order chi connectivity index (χ1) is 8.91. The van der Waals surface area contributed by atoms with Crippen LogP contribution in [0.2, 0.25) is 0 Å². The number of aromatic carboxylic acids is 1. The van der Waals surface area contributed by atoms with Gasteiger partial charge in [0.2, 0.25) is 5.78 Å². The van der Waals surface area contributed by atoms with Crippen LogP contribution in [0.25, 0.3) is 0 Å². The van der Waals surface area contributed by atoms with E-state index in [4.69, 9.17) is 10.8 Å². The van der Waals surface area contributed by atoms with Crippen molar-refractivity contribution in [3.63, 3.8) is 0 Å². The zero-order chi connectivity index (χ0) is 14.2. The number of halogens is 2. The summed E-state index contributed by atoms with van der Waals surface area (Å²) in [7, 11) is 0. The third-order valence-corrected chi connectivity index (χ3v) is 2.52. The van der Waals surface area contributed by atoms with E-state index in [-0.39, 0.29) is 16.9 Å². The highest BCUT2D eigenvalue weighted by Crippen LogP contribution is 2.22. The summed E-state index contributed by atoms with van der Waals surface area (Å²) in [6.45, 7) is 0. The van der Waals surface area contributed by atoms with Crippen LogP contribution in [-0.2, 0) is 0 Å². The van der Waals surface area contributed by atoms with E-state index in [0.717, 1.165) is 24.4 Å². The lowest BCUT2D eigenvalue weighted by molar-refractivity contribution is 0.0691. The summed E-state index contributed by atoms with van der Waals surface area (Å²) in [5, 5.41) is 8.69. The molecule has 0 saturated carbocycles. The molecule has 4 N–H and O–H groups in total. The number of H-pyrrole nitrogens is 1. The molecule has 5 nitrogen and oxygen atoms in total. The average Bonchev–Trinajstić information content (AvgIpc) is 2.84. The molecule has 0 aliphatic heterocycles. The van der Waals surface area contributed by atoms with Gasteiger partial charge in [0.1, 0.15) is 11.5 Å². The fourth-order valence-electron chi connectivity index (χ4n) is 1.57. The second-order valence-corrected chi connectivity index (χ2v) is 3.76. The quantitative estimate of drug-likeness (QED) is 0.583. The van der Waals surface area contributed by atoms with Crippen molar-refractivity contribution in [2.45, 2.75) is 0 Å². The van der Waals surface area contributed by atoms with E-state index in [2.05, 4.69) is 4.98 Å². The van der Waals surface area contributed by atoms with Gasteiger partial charge in [-0.2, -0.15) is 0 Å². The SMILES string of the molecule is Nc1ccc(F)c(C(=O)c2c[nH]c(C(=O)O)c2)c1F. The van der Waals surface area contributed by atoms with Gasteiger partial charge in [0, 0.05) is 11.8 Å². The summed E-state index contributed by atoms with van der Waals surface area (Å²) in [5.41, 5.74) is 3.67. The number of rotatable bonds is 3. The molecular formula is C12H8F2N2O3. The van der Waals surface area contributed by atoms with Crippen molar-refractivity contribution < 1.29 is 23.5 Å². The Morgan fingerprint density at radius 2 is 1.95 bits per heavy atom. The van der Waals surface area contributed by atoms with Crippen molar-refractivity contribution in [1.29, 1.82) is 0 Å². The number of anilines is 1. The van der Waals surface area contributed by atoms with E-state index in [1.165, 1.54) is 0 Å². The molecule has 0 aliphatic carbocycles. The van der Waals surface area contributed by atoms with Crippen LogP contribution < -0.4 is 5.73 Å². The second-order valence-electron chi connectivity index (χ2n) is 3.76. The number of benzene rings is 1. The monoisotopic (exact) mass is 266 g/mol. The van der Waals surface area contributed by atoms with Crippen LogP contribution in [0.5, 0.6) is 0 Å².